The van der Waals surface area contributed by atoms with Crippen molar-refractivity contribution >= 4 is 64.7 Å². The molecule has 0 saturated carbocycles. The molecule has 0 radical (unpaired) electrons. The van der Waals surface area contributed by atoms with Gasteiger partial charge in [-0.15, -0.1) is 24.0 Å². The normalized spacial score (nSPS) is 10.9. The van der Waals surface area contributed by atoms with E-state index in [2.05, 4.69) is 26.0 Å². The van der Waals surface area contributed by atoms with Gasteiger partial charge in [-0.1, -0.05) is 41.4 Å². The molecule has 0 unspecified atom stereocenters. The van der Waals surface area contributed by atoms with E-state index in [0.717, 1.165) is 16.8 Å². The second-order valence-corrected chi connectivity index (χ2v) is 7.31. The third kappa shape index (κ3) is 8.04. The lowest BCUT2D eigenvalue weighted by Crippen LogP contribution is -2.36. The minimum Gasteiger partial charge on any atom is -0.352 e. The lowest BCUT2D eigenvalue weighted by Gasteiger charge is -2.13. The third-order valence-corrected chi connectivity index (χ3v) is 4.81. The Hall–Kier alpha value is -2.30. The number of anilines is 1. The van der Waals surface area contributed by atoms with Crippen LogP contribution in [0.15, 0.2) is 65.9 Å². The molecule has 1 heterocycles. The van der Waals surface area contributed by atoms with E-state index < -0.39 is 0 Å². The topological polar surface area (TPSA) is 83.3 Å². The molecule has 2 aromatic carbocycles. The molecule has 3 rings (SSSR count). The fourth-order valence-electron chi connectivity index (χ4n) is 2.75. The zero-order valence-corrected chi connectivity index (χ0v) is 20.7. The molecule has 0 atom stereocenters. The number of rotatable bonds is 7. The van der Waals surface area contributed by atoms with Crippen molar-refractivity contribution in [2.45, 2.75) is 19.6 Å². The molecule has 0 bridgehead atoms. The number of amides is 1. The molecule has 10 heteroatoms. The van der Waals surface area contributed by atoms with Crippen LogP contribution in [-0.4, -0.2) is 28.7 Å². The number of carbonyl (C=O) groups excluding carboxylic acids is 1. The summed E-state index contributed by atoms with van der Waals surface area (Å²) >= 11 is 12.1. The summed E-state index contributed by atoms with van der Waals surface area (Å²) in [6.07, 6.45) is 3.39. The molecule has 7 nitrogen and oxygen atoms in total. The van der Waals surface area contributed by atoms with Crippen LogP contribution >= 0.6 is 47.2 Å². The first-order chi connectivity index (χ1) is 14.5. The summed E-state index contributed by atoms with van der Waals surface area (Å²) < 4.78 is 1.57. The number of halogens is 3. The highest BCUT2D eigenvalue weighted by atomic mass is 127. The summed E-state index contributed by atoms with van der Waals surface area (Å²) in [6.45, 7) is 1.22. The van der Waals surface area contributed by atoms with Crippen LogP contribution in [0.5, 0.6) is 0 Å². The minimum absolute atomic E-state index is 0. The largest absolute Gasteiger partial charge is 0.352 e. The van der Waals surface area contributed by atoms with Gasteiger partial charge in [0.25, 0.3) is 0 Å². The van der Waals surface area contributed by atoms with Crippen LogP contribution in [0.1, 0.15) is 11.1 Å². The van der Waals surface area contributed by atoms with Gasteiger partial charge in [0, 0.05) is 48.3 Å². The summed E-state index contributed by atoms with van der Waals surface area (Å²) in [5, 5.41) is 14.6. The number of hydrogen-bond acceptors (Lipinski definition) is 3. The van der Waals surface area contributed by atoms with E-state index in [1.54, 1.807) is 42.3 Å². The molecule has 0 aliphatic rings. The van der Waals surface area contributed by atoms with Gasteiger partial charge in [0.15, 0.2) is 5.96 Å². The van der Waals surface area contributed by atoms with E-state index in [1.165, 1.54) is 0 Å². The molecule has 0 aliphatic carbocycles. The van der Waals surface area contributed by atoms with Gasteiger partial charge < -0.3 is 16.0 Å². The Bertz CT molecular complexity index is 1030. The number of aromatic nitrogens is 2. The van der Waals surface area contributed by atoms with Crippen molar-refractivity contribution < 1.29 is 4.79 Å². The number of hydrogen-bond donors (Lipinski definition) is 3. The highest BCUT2D eigenvalue weighted by molar-refractivity contribution is 14.0. The molecule has 3 aromatic rings. The fourth-order valence-corrected chi connectivity index (χ4v) is 3.23. The van der Waals surface area contributed by atoms with Crippen LogP contribution in [-0.2, 0) is 24.4 Å². The molecular formula is C21H23Cl2IN6O. The van der Waals surface area contributed by atoms with Gasteiger partial charge in [-0.2, -0.15) is 5.10 Å². The van der Waals surface area contributed by atoms with Crippen molar-refractivity contribution in [1.82, 2.24) is 20.4 Å². The highest BCUT2D eigenvalue weighted by Crippen LogP contribution is 2.20. The van der Waals surface area contributed by atoms with Crippen LogP contribution in [0.25, 0.3) is 0 Å². The van der Waals surface area contributed by atoms with E-state index in [-0.39, 0.29) is 36.4 Å². The molecular weight excluding hydrogens is 550 g/mol. The fraction of sp³-hybridized carbons (Fsp3) is 0.190. The summed E-state index contributed by atoms with van der Waals surface area (Å²) in [6, 6.07) is 14.8. The Labute approximate surface area is 208 Å². The maximum atomic E-state index is 12.1. The van der Waals surface area contributed by atoms with Crippen LogP contribution in [0.2, 0.25) is 10.0 Å². The summed E-state index contributed by atoms with van der Waals surface area (Å²) in [5.74, 6) is 0.496. The van der Waals surface area contributed by atoms with Crippen LogP contribution in [0.4, 0.5) is 5.69 Å². The summed E-state index contributed by atoms with van der Waals surface area (Å²) in [5.41, 5.74) is 2.65. The average molecular weight is 573 g/mol. The van der Waals surface area contributed by atoms with Crippen molar-refractivity contribution in [2.24, 2.45) is 4.99 Å². The second-order valence-electron chi connectivity index (χ2n) is 6.47. The Kier molecular flexibility index (Phi) is 10.1. The smallest absolute Gasteiger partial charge is 0.246 e. The van der Waals surface area contributed by atoms with E-state index in [4.69, 9.17) is 23.2 Å². The van der Waals surface area contributed by atoms with Crippen LogP contribution in [0.3, 0.4) is 0 Å². The van der Waals surface area contributed by atoms with Gasteiger partial charge in [0.2, 0.25) is 5.91 Å². The minimum atomic E-state index is -0.138. The number of nitrogens with zero attached hydrogens (tertiary/aromatic N) is 3. The molecule has 1 amide bonds. The second kappa shape index (κ2) is 12.5. The van der Waals surface area contributed by atoms with E-state index in [9.17, 15) is 4.79 Å². The maximum Gasteiger partial charge on any atom is 0.246 e. The summed E-state index contributed by atoms with van der Waals surface area (Å²) in [4.78, 5) is 16.4. The van der Waals surface area contributed by atoms with Crippen LogP contribution < -0.4 is 16.0 Å². The molecule has 164 valence electrons. The lowest BCUT2D eigenvalue weighted by atomic mass is 10.2. The zero-order valence-electron chi connectivity index (χ0n) is 16.8. The standard InChI is InChI=1S/C21H22Cl2N6O.HI/c1-24-21(26-13-16-6-7-17(22)11-19(16)23)25-12-15-4-2-5-18(10-15)28-20(30)14-29-9-3-8-27-29;/h2-11H,12-14H2,1H3,(H,28,30)(H2,24,25,26);1H. The zero-order chi connectivity index (χ0) is 21.3. The molecule has 0 saturated heterocycles. The first kappa shape index (κ1) is 25.0. The van der Waals surface area contributed by atoms with E-state index in [0.29, 0.717) is 29.1 Å². The maximum absolute atomic E-state index is 12.1. The van der Waals surface area contributed by atoms with Crippen molar-refractivity contribution in [2.75, 3.05) is 12.4 Å². The third-order valence-electron chi connectivity index (χ3n) is 4.22. The van der Waals surface area contributed by atoms with Gasteiger partial charge in [0.05, 0.1) is 0 Å². The van der Waals surface area contributed by atoms with Crippen molar-refractivity contribution in [3.05, 3.63) is 82.1 Å². The SMILES string of the molecule is CN=C(NCc1cccc(NC(=O)Cn2cccn2)c1)NCc1ccc(Cl)cc1Cl.I. The van der Waals surface area contributed by atoms with Gasteiger partial charge in [-0.3, -0.25) is 14.5 Å². The molecule has 31 heavy (non-hydrogen) atoms. The number of guanidine groups is 1. The molecule has 1 aromatic heterocycles. The molecule has 3 N–H and O–H groups in total. The molecule has 0 aliphatic heterocycles. The van der Waals surface area contributed by atoms with Gasteiger partial charge in [-0.25, -0.2) is 0 Å². The van der Waals surface area contributed by atoms with E-state index in [1.807, 2.05) is 30.3 Å². The van der Waals surface area contributed by atoms with Crippen LogP contribution in [0, 0.1) is 0 Å². The number of carbonyl (C=O) groups is 1. The Morgan fingerprint density at radius 2 is 1.90 bits per heavy atom. The molecule has 0 fully saturated rings. The first-order valence-corrected chi connectivity index (χ1v) is 10.0. The monoisotopic (exact) mass is 572 g/mol. The number of aliphatic imine (C=N–C) groups is 1. The van der Waals surface area contributed by atoms with Crippen molar-refractivity contribution in [3.63, 3.8) is 0 Å². The number of benzene rings is 2. The Balaban J connectivity index is 0.00000341. The van der Waals surface area contributed by atoms with Crippen molar-refractivity contribution in [3.8, 4) is 0 Å². The number of nitrogens with one attached hydrogen (secondary N) is 3. The Morgan fingerprint density at radius 1 is 1.10 bits per heavy atom. The average Bonchev–Trinajstić information content (AvgIpc) is 3.22. The molecule has 0 spiro atoms. The highest BCUT2D eigenvalue weighted by Gasteiger charge is 2.06. The quantitative estimate of drug-likeness (QED) is 0.224. The van der Waals surface area contributed by atoms with Gasteiger partial charge >= 0.3 is 0 Å². The van der Waals surface area contributed by atoms with Crippen molar-refractivity contribution in [1.29, 1.82) is 0 Å². The van der Waals surface area contributed by atoms with Gasteiger partial charge in [-0.05, 0) is 41.5 Å². The predicted octanol–water partition coefficient (Wildman–Crippen LogP) is 4.31. The first-order valence-electron chi connectivity index (χ1n) is 9.28. The van der Waals surface area contributed by atoms with E-state index >= 15 is 0 Å². The lowest BCUT2D eigenvalue weighted by molar-refractivity contribution is -0.116. The Morgan fingerprint density at radius 3 is 2.61 bits per heavy atom. The van der Waals surface area contributed by atoms with Gasteiger partial charge in [0.1, 0.15) is 6.54 Å². The summed E-state index contributed by atoms with van der Waals surface area (Å²) in [7, 11) is 1.70. The predicted molar refractivity (Wildman–Crippen MR) is 136 cm³/mol.